The van der Waals surface area contributed by atoms with E-state index in [-0.39, 0.29) is 5.78 Å². The van der Waals surface area contributed by atoms with E-state index in [1.54, 1.807) is 28.3 Å². The SMILES string of the molecule is CCn1nccc1C(=O)CCCc1cccs1. The lowest BCUT2D eigenvalue weighted by Gasteiger charge is -2.03. The van der Waals surface area contributed by atoms with Crippen molar-refractivity contribution >= 4 is 17.1 Å². The van der Waals surface area contributed by atoms with Crippen LogP contribution in [0.2, 0.25) is 0 Å². The van der Waals surface area contributed by atoms with Crippen LogP contribution in [-0.4, -0.2) is 15.6 Å². The zero-order chi connectivity index (χ0) is 12.1. The van der Waals surface area contributed by atoms with Crippen LogP contribution in [0.3, 0.4) is 0 Å². The number of thiophene rings is 1. The molecule has 0 amide bonds. The molecule has 0 aliphatic carbocycles. The first-order valence-electron chi connectivity index (χ1n) is 5.88. The van der Waals surface area contributed by atoms with Crippen molar-refractivity contribution < 1.29 is 4.79 Å². The highest BCUT2D eigenvalue weighted by molar-refractivity contribution is 7.09. The number of carbonyl (C=O) groups excluding carboxylic acids is 1. The highest BCUT2D eigenvalue weighted by Gasteiger charge is 2.10. The molecule has 0 saturated carbocycles. The van der Waals surface area contributed by atoms with Crippen molar-refractivity contribution in [2.75, 3.05) is 0 Å². The van der Waals surface area contributed by atoms with Gasteiger partial charge in [-0.25, -0.2) is 0 Å². The van der Waals surface area contributed by atoms with Gasteiger partial charge in [-0.15, -0.1) is 11.3 Å². The smallest absolute Gasteiger partial charge is 0.180 e. The van der Waals surface area contributed by atoms with Gasteiger partial charge in [0, 0.05) is 24.0 Å². The summed E-state index contributed by atoms with van der Waals surface area (Å²) in [7, 11) is 0. The molecule has 0 aromatic carbocycles. The topological polar surface area (TPSA) is 34.9 Å². The lowest BCUT2D eigenvalue weighted by molar-refractivity contribution is 0.0970. The molecule has 0 spiro atoms. The Morgan fingerprint density at radius 1 is 1.47 bits per heavy atom. The van der Waals surface area contributed by atoms with E-state index in [0.29, 0.717) is 6.42 Å². The van der Waals surface area contributed by atoms with Gasteiger partial charge in [0.25, 0.3) is 0 Å². The van der Waals surface area contributed by atoms with E-state index in [9.17, 15) is 4.79 Å². The van der Waals surface area contributed by atoms with Crippen molar-refractivity contribution in [1.82, 2.24) is 9.78 Å². The van der Waals surface area contributed by atoms with Crippen molar-refractivity contribution in [3.8, 4) is 0 Å². The molecule has 2 rings (SSSR count). The van der Waals surface area contributed by atoms with Crippen LogP contribution in [0.4, 0.5) is 0 Å². The molecule has 0 bridgehead atoms. The van der Waals surface area contributed by atoms with Crippen LogP contribution in [0.1, 0.15) is 35.1 Å². The van der Waals surface area contributed by atoms with Crippen LogP contribution >= 0.6 is 11.3 Å². The van der Waals surface area contributed by atoms with Gasteiger partial charge in [-0.3, -0.25) is 9.48 Å². The average molecular weight is 248 g/mol. The van der Waals surface area contributed by atoms with Gasteiger partial charge in [0.05, 0.1) is 0 Å². The predicted molar refractivity (Wildman–Crippen MR) is 69.5 cm³/mol. The molecule has 0 N–H and O–H groups in total. The van der Waals surface area contributed by atoms with Crippen molar-refractivity contribution in [3.63, 3.8) is 0 Å². The molecule has 2 aromatic rings. The van der Waals surface area contributed by atoms with Gasteiger partial charge in [0.2, 0.25) is 0 Å². The molecular formula is C13H16N2OS. The number of aryl methyl sites for hydroxylation is 2. The Morgan fingerprint density at radius 2 is 2.35 bits per heavy atom. The normalized spacial score (nSPS) is 10.6. The Kier molecular flexibility index (Phi) is 4.09. The number of hydrogen-bond acceptors (Lipinski definition) is 3. The van der Waals surface area contributed by atoms with E-state index < -0.39 is 0 Å². The lowest BCUT2D eigenvalue weighted by Crippen LogP contribution is -2.09. The average Bonchev–Trinajstić information content (AvgIpc) is 2.99. The molecule has 2 aromatic heterocycles. The van der Waals surface area contributed by atoms with E-state index in [1.807, 2.05) is 13.0 Å². The number of Topliss-reactive ketones (excluding diaryl/α,β-unsaturated/α-hetero) is 1. The molecule has 17 heavy (non-hydrogen) atoms. The van der Waals surface area contributed by atoms with E-state index in [1.165, 1.54) is 4.88 Å². The lowest BCUT2D eigenvalue weighted by atomic mass is 10.1. The molecule has 0 atom stereocenters. The molecule has 0 aliphatic rings. The minimum absolute atomic E-state index is 0.195. The van der Waals surface area contributed by atoms with Crippen LogP contribution in [0.15, 0.2) is 29.8 Å². The third-order valence-corrected chi connectivity index (χ3v) is 3.65. The van der Waals surface area contributed by atoms with Gasteiger partial charge in [0.1, 0.15) is 5.69 Å². The Bertz CT molecular complexity index is 473. The Hall–Kier alpha value is -1.42. The van der Waals surface area contributed by atoms with E-state index in [2.05, 4.69) is 16.5 Å². The highest BCUT2D eigenvalue weighted by Crippen LogP contribution is 2.13. The zero-order valence-electron chi connectivity index (χ0n) is 9.93. The van der Waals surface area contributed by atoms with Gasteiger partial charge in [-0.05, 0) is 37.3 Å². The quantitative estimate of drug-likeness (QED) is 0.736. The monoisotopic (exact) mass is 248 g/mol. The van der Waals surface area contributed by atoms with Gasteiger partial charge in [0.15, 0.2) is 5.78 Å². The summed E-state index contributed by atoms with van der Waals surface area (Å²) in [5, 5.41) is 6.18. The number of hydrogen-bond donors (Lipinski definition) is 0. The maximum absolute atomic E-state index is 12.0. The number of carbonyl (C=O) groups is 1. The number of aromatic nitrogens is 2. The third-order valence-electron chi connectivity index (χ3n) is 2.71. The number of rotatable bonds is 6. The van der Waals surface area contributed by atoms with Gasteiger partial charge < -0.3 is 0 Å². The third kappa shape index (κ3) is 3.03. The molecule has 2 heterocycles. The standard InChI is InChI=1S/C13H16N2OS/c1-2-15-12(8-9-14-15)13(16)7-3-5-11-6-4-10-17-11/h4,6,8-10H,2-3,5,7H2,1H3. The Morgan fingerprint density at radius 3 is 3.06 bits per heavy atom. The Labute approximate surface area is 105 Å². The van der Waals surface area contributed by atoms with Crippen molar-refractivity contribution in [2.24, 2.45) is 0 Å². The van der Waals surface area contributed by atoms with E-state index >= 15 is 0 Å². The van der Waals surface area contributed by atoms with Crippen LogP contribution in [0.25, 0.3) is 0 Å². The summed E-state index contributed by atoms with van der Waals surface area (Å²) in [6.07, 6.45) is 4.19. The molecule has 90 valence electrons. The first-order valence-corrected chi connectivity index (χ1v) is 6.76. The molecule has 0 aliphatic heterocycles. The molecular weight excluding hydrogens is 232 g/mol. The van der Waals surface area contributed by atoms with Crippen molar-refractivity contribution in [1.29, 1.82) is 0 Å². The summed E-state index contributed by atoms with van der Waals surface area (Å²) < 4.78 is 1.76. The van der Waals surface area contributed by atoms with Crippen LogP contribution < -0.4 is 0 Å². The van der Waals surface area contributed by atoms with Crippen molar-refractivity contribution in [2.45, 2.75) is 32.7 Å². The molecule has 0 saturated heterocycles. The number of nitrogens with zero attached hydrogens (tertiary/aromatic N) is 2. The summed E-state index contributed by atoms with van der Waals surface area (Å²) in [5.74, 6) is 0.195. The summed E-state index contributed by atoms with van der Waals surface area (Å²) >= 11 is 1.75. The second-order valence-electron chi connectivity index (χ2n) is 3.89. The first-order chi connectivity index (χ1) is 8.31. The summed E-state index contributed by atoms with van der Waals surface area (Å²) in [6, 6.07) is 5.97. The highest BCUT2D eigenvalue weighted by atomic mass is 32.1. The summed E-state index contributed by atoms with van der Waals surface area (Å²) in [4.78, 5) is 13.3. The largest absolute Gasteiger partial charge is 0.292 e. The van der Waals surface area contributed by atoms with Crippen LogP contribution in [0.5, 0.6) is 0 Å². The van der Waals surface area contributed by atoms with Crippen LogP contribution in [0, 0.1) is 0 Å². The second kappa shape index (κ2) is 5.77. The fraction of sp³-hybridized carbons (Fsp3) is 0.385. The van der Waals surface area contributed by atoms with Gasteiger partial charge >= 0.3 is 0 Å². The van der Waals surface area contributed by atoms with Gasteiger partial charge in [-0.2, -0.15) is 5.10 Å². The molecule has 0 fully saturated rings. The fourth-order valence-corrected chi connectivity index (χ4v) is 2.58. The molecule has 0 radical (unpaired) electrons. The summed E-state index contributed by atoms with van der Waals surface area (Å²) in [5.41, 5.74) is 0.735. The van der Waals surface area contributed by atoms with Crippen LogP contribution in [-0.2, 0) is 13.0 Å². The molecule has 3 nitrogen and oxygen atoms in total. The first kappa shape index (κ1) is 12.0. The maximum atomic E-state index is 12.0. The molecule has 4 heteroatoms. The fourth-order valence-electron chi connectivity index (χ4n) is 1.83. The minimum Gasteiger partial charge on any atom is -0.292 e. The summed E-state index contributed by atoms with van der Waals surface area (Å²) in [6.45, 7) is 2.74. The van der Waals surface area contributed by atoms with Gasteiger partial charge in [-0.1, -0.05) is 6.07 Å². The molecule has 0 unspecified atom stereocenters. The second-order valence-corrected chi connectivity index (χ2v) is 4.92. The minimum atomic E-state index is 0.195. The van der Waals surface area contributed by atoms with E-state index in [4.69, 9.17) is 0 Å². The number of ketones is 1. The Balaban J connectivity index is 1.85. The zero-order valence-corrected chi connectivity index (χ0v) is 10.7. The predicted octanol–water partition coefficient (Wildman–Crippen LogP) is 3.17. The van der Waals surface area contributed by atoms with Crippen molar-refractivity contribution in [3.05, 3.63) is 40.3 Å². The van der Waals surface area contributed by atoms with E-state index in [0.717, 1.165) is 25.1 Å². The maximum Gasteiger partial charge on any atom is 0.180 e.